The van der Waals surface area contributed by atoms with Crippen molar-refractivity contribution in [1.29, 1.82) is 0 Å². The lowest BCUT2D eigenvalue weighted by Crippen LogP contribution is -2.55. The summed E-state index contributed by atoms with van der Waals surface area (Å²) in [4.78, 5) is 2.50. The second-order valence-corrected chi connectivity index (χ2v) is 8.35. The summed E-state index contributed by atoms with van der Waals surface area (Å²) < 4.78 is 26.8. The maximum absolute atomic E-state index is 12.0. The number of nitrogens with one attached hydrogen (secondary N) is 2. The zero-order valence-electron chi connectivity index (χ0n) is 14.1. The zero-order chi connectivity index (χ0) is 15.1. The highest BCUT2D eigenvalue weighted by Gasteiger charge is 2.30. The first-order chi connectivity index (χ1) is 10.1. The molecule has 0 radical (unpaired) electrons. The molecule has 0 aromatic carbocycles. The second-order valence-electron chi connectivity index (χ2n) is 6.42. The largest absolute Gasteiger partial charge is 0.314 e. The van der Waals surface area contributed by atoms with Gasteiger partial charge in [-0.05, 0) is 25.2 Å². The van der Waals surface area contributed by atoms with E-state index in [1.54, 1.807) is 0 Å². The van der Waals surface area contributed by atoms with Crippen molar-refractivity contribution in [3.8, 4) is 0 Å². The van der Waals surface area contributed by atoms with Gasteiger partial charge in [-0.3, -0.25) is 4.90 Å². The molecule has 1 saturated carbocycles. The van der Waals surface area contributed by atoms with E-state index < -0.39 is 10.0 Å². The van der Waals surface area contributed by atoms with Crippen molar-refractivity contribution in [2.45, 2.75) is 51.5 Å². The number of rotatable bonds is 7. The molecule has 1 saturated heterocycles. The van der Waals surface area contributed by atoms with Gasteiger partial charge in [0.05, 0.1) is 5.75 Å². The van der Waals surface area contributed by atoms with Gasteiger partial charge in [0.25, 0.3) is 0 Å². The fourth-order valence-electron chi connectivity index (χ4n) is 3.68. The topological polar surface area (TPSA) is 61.4 Å². The van der Waals surface area contributed by atoms with Gasteiger partial charge in [-0.1, -0.05) is 26.2 Å². The van der Waals surface area contributed by atoms with Crippen LogP contribution in [0.2, 0.25) is 0 Å². The van der Waals surface area contributed by atoms with Crippen LogP contribution in [0.1, 0.15) is 45.4 Å². The van der Waals surface area contributed by atoms with Crippen molar-refractivity contribution < 1.29 is 8.42 Å². The number of halogens is 2. The van der Waals surface area contributed by atoms with E-state index in [2.05, 4.69) is 14.9 Å². The van der Waals surface area contributed by atoms with E-state index in [1.165, 1.54) is 32.1 Å². The maximum Gasteiger partial charge on any atom is 0.211 e. The van der Waals surface area contributed by atoms with E-state index in [1.807, 2.05) is 6.92 Å². The summed E-state index contributed by atoms with van der Waals surface area (Å²) in [6, 6.07) is 0.374. The average molecular weight is 390 g/mol. The van der Waals surface area contributed by atoms with Crippen LogP contribution in [0.3, 0.4) is 0 Å². The third kappa shape index (κ3) is 7.88. The minimum Gasteiger partial charge on any atom is -0.314 e. The van der Waals surface area contributed by atoms with Crippen molar-refractivity contribution in [3.63, 3.8) is 0 Å². The fraction of sp³-hybridized carbons (Fsp3) is 1.00. The van der Waals surface area contributed by atoms with Crippen LogP contribution >= 0.6 is 24.8 Å². The third-order valence-electron chi connectivity index (χ3n) is 4.80. The van der Waals surface area contributed by atoms with Crippen molar-refractivity contribution in [3.05, 3.63) is 0 Å². The highest BCUT2D eigenvalue weighted by atomic mass is 35.5. The summed E-state index contributed by atoms with van der Waals surface area (Å²) in [5.74, 6) is 0.896. The summed E-state index contributed by atoms with van der Waals surface area (Å²) >= 11 is 0. The van der Waals surface area contributed by atoms with Gasteiger partial charge < -0.3 is 5.32 Å². The molecule has 1 unspecified atom stereocenters. The molecule has 1 heterocycles. The standard InChI is InChI=1S/C15H31N3O2S.2ClH/c1-2-12-21(19,20)17-13-15(14-6-4-3-5-7-14)18-10-8-16-9-11-18;;/h14-17H,2-13H2,1H3;2*1H. The Balaban J connectivity index is 0.00000242. The molecule has 0 aromatic heterocycles. The highest BCUT2D eigenvalue weighted by Crippen LogP contribution is 2.29. The fourth-order valence-corrected chi connectivity index (χ4v) is 4.79. The van der Waals surface area contributed by atoms with E-state index in [-0.39, 0.29) is 30.6 Å². The molecular formula is C15H33Cl2N3O2S. The second kappa shape index (κ2) is 11.9. The SMILES string of the molecule is CCCS(=O)(=O)NCC(C1CCCCC1)N1CCNCC1.Cl.Cl. The lowest BCUT2D eigenvalue weighted by molar-refractivity contribution is 0.106. The Hall–Kier alpha value is 0.410. The molecule has 5 nitrogen and oxygen atoms in total. The van der Waals surface area contributed by atoms with E-state index >= 15 is 0 Å². The van der Waals surface area contributed by atoms with Crippen LogP contribution in [-0.4, -0.2) is 57.8 Å². The summed E-state index contributed by atoms with van der Waals surface area (Å²) in [7, 11) is -3.10. The number of sulfonamides is 1. The smallest absolute Gasteiger partial charge is 0.211 e. The molecule has 23 heavy (non-hydrogen) atoms. The lowest BCUT2D eigenvalue weighted by atomic mass is 9.83. The maximum atomic E-state index is 12.0. The molecular weight excluding hydrogens is 357 g/mol. The van der Waals surface area contributed by atoms with Crippen LogP contribution < -0.4 is 10.0 Å². The van der Waals surface area contributed by atoms with Gasteiger partial charge >= 0.3 is 0 Å². The van der Waals surface area contributed by atoms with Gasteiger partial charge in [0.2, 0.25) is 10.0 Å². The van der Waals surface area contributed by atoms with Gasteiger partial charge in [0, 0.05) is 38.8 Å². The van der Waals surface area contributed by atoms with Crippen molar-refractivity contribution in [2.75, 3.05) is 38.5 Å². The van der Waals surface area contributed by atoms with Crippen LogP contribution in [0.15, 0.2) is 0 Å². The Bertz CT molecular complexity index is 380. The van der Waals surface area contributed by atoms with Crippen molar-refractivity contribution in [1.82, 2.24) is 14.9 Å². The van der Waals surface area contributed by atoms with Gasteiger partial charge in [-0.2, -0.15) is 0 Å². The highest BCUT2D eigenvalue weighted by molar-refractivity contribution is 7.89. The zero-order valence-corrected chi connectivity index (χ0v) is 16.6. The van der Waals surface area contributed by atoms with Crippen LogP contribution in [0, 0.1) is 5.92 Å². The normalized spacial score (nSPS) is 22.0. The Kier molecular flexibility index (Phi) is 12.1. The molecule has 0 spiro atoms. The molecule has 2 fully saturated rings. The van der Waals surface area contributed by atoms with Crippen LogP contribution in [-0.2, 0) is 10.0 Å². The minimum absolute atomic E-state index is 0. The Morgan fingerprint density at radius 1 is 1.13 bits per heavy atom. The Labute approximate surface area is 154 Å². The Morgan fingerprint density at radius 3 is 2.30 bits per heavy atom. The number of hydrogen-bond acceptors (Lipinski definition) is 4. The molecule has 140 valence electrons. The first-order valence-electron chi connectivity index (χ1n) is 8.54. The van der Waals surface area contributed by atoms with Crippen LogP contribution in [0.5, 0.6) is 0 Å². The van der Waals surface area contributed by atoms with E-state index in [0.29, 0.717) is 24.9 Å². The average Bonchev–Trinajstić information content (AvgIpc) is 2.49. The van der Waals surface area contributed by atoms with Crippen molar-refractivity contribution in [2.24, 2.45) is 5.92 Å². The van der Waals surface area contributed by atoms with Gasteiger partial charge in [0.1, 0.15) is 0 Å². The molecule has 0 bridgehead atoms. The predicted octanol–water partition coefficient (Wildman–Crippen LogP) is 2.01. The molecule has 1 aliphatic carbocycles. The summed E-state index contributed by atoms with van der Waals surface area (Å²) in [5.41, 5.74) is 0. The summed E-state index contributed by atoms with van der Waals surface area (Å²) in [5, 5.41) is 3.38. The molecule has 1 atom stereocenters. The number of piperazine rings is 1. The van der Waals surface area contributed by atoms with Gasteiger partial charge in [-0.25, -0.2) is 13.1 Å². The molecule has 2 N–H and O–H groups in total. The monoisotopic (exact) mass is 389 g/mol. The first-order valence-corrected chi connectivity index (χ1v) is 10.2. The van der Waals surface area contributed by atoms with E-state index in [9.17, 15) is 8.42 Å². The number of hydrogen-bond donors (Lipinski definition) is 2. The molecule has 0 amide bonds. The lowest BCUT2D eigenvalue weighted by Gasteiger charge is -2.41. The molecule has 8 heteroatoms. The van der Waals surface area contributed by atoms with Gasteiger partial charge in [-0.15, -0.1) is 24.8 Å². The van der Waals surface area contributed by atoms with Crippen molar-refractivity contribution >= 4 is 34.8 Å². The molecule has 2 aliphatic rings. The quantitative estimate of drug-likeness (QED) is 0.698. The number of nitrogens with zero attached hydrogens (tertiary/aromatic N) is 1. The van der Waals surface area contributed by atoms with E-state index in [4.69, 9.17) is 0 Å². The minimum atomic E-state index is -3.10. The molecule has 1 aliphatic heterocycles. The molecule has 2 rings (SSSR count). The van der Waals surface area contributed by atoms with Gasteiger partial charge in [0.15, 0.2) is 0 Å². The van der Waals surface area contributed by atoms with Crippen LogP contribution in [0.25, 0.3) is 0 Å². The summed E-state index contributed by atoms with van der Waals surface area (Å²) in [6.07, 6.45) is 7.13. The van der Waals surface area contributed by atoms with Crippen LogP contribution in [0.4, 0.5) is 0 Å². The van der Waals surface area contributed by atoms with E-state index in [0.717, 1.165) is 26.2 Å². The summed E-state index contributed by atoms with van der Waals surface area (Å²) in [6.45, 7) is 6.62. The third-order valence-corrected chi connectivity index (χ3v) is 6.35. The first kappa shape index (κ1) is 23.4. The predicted molar refractivity (Wildman–Crippen MR) is 101 cm³/mol. The Morgan fingerprint density at radius 2 is 1.74 bits per heavy atom. The molecule has 0 aromatic rings.